The van der Waals surface area contributed by atoms with Crippen LogP contribution < -0.4 is 5.32 Å². The molecule has 0 bridgehead atoms. The number of anilines is 1. The van der Waals surface area contributed by atoms with E-state index in [1.165, 1.54) is 28.6 Å². The van der Waals surface area contributed by atoms with E-state index in [0.29, 0.717) is 48.3 Å². The smallest absolute Gasteiger partial charge is 0.316 e. The van der Waals surface area contributed by atoms with Crippen molar-refractivity contribution >= 4 is 50.4 Å². The number of hydrogen-bond acceptors (Lipinski definition) is 9. The molecule has 1 aliphatic heterocycles. The van der Waals surface area contributed by atoms with Gasteiger partial charge in [0.1, 0.15) is 11.3 Å². The van der Waals surface area contributed by atoms with Gasteiger partial charge < -0.3 is 19.2 Å². The highest BCUT2D eigenvalue weighted by molar-refractivity contribution is 7.99. The number of hydrogen-bond donors (Lipinski definition) is 1. The first kappa shape index (κ1) is 23.2. The zero-order chi connectivity index (χ0) is 23.3. The van der Waals surface area contributed by atoms with Gasteiger partial charge in [0.2, 0.25) is 10.0 Å². The quantitative estimate of drug-likeness (QED) is 0.372. The molecule has 1 aliphatic rings. The molecule has 1 fully saturated rings. The van der Waals surface area contributed by atoms with E-state index in [4.69, 9.17) is 13.9 Å². The van der Waals surface area contributed by atoms with Crippen molar-refractivity contribution in [1.29, 1.82) is 0 Å². The number of fused-ring (bicyclic) bond motifs is 1. The van der Waals surface area contributed by atoms with Gasteiger partial charge in [-0.1, -0.05) is 23.9 Å². The number of aromatic nitrogens is 1. The molecule has 1 aromatic heterocycles. The van der Waals surface area contributed by atoms with Crippen molar-refractivity contribution in [2.45, 2.75) is 10.1 Å². The number of oxazole rings is 1. The number of para-hydroxylation sites is 2. The number of rotatable bonds is 8. The summed E-state index contributed by atoms with van der Waals surface area (Å²) in [5.41, 5.74) is 1.70. The molecule has 2 aromatic carbocycles. The average molecular weight is 492 g/mol. The molecule has 1 saturated heterocycles. The van der Waals surface area contributed by atoms with E-state index in [2.05, 4.69) is 10.3 Å². The van der Waals surface area contributed by atoms with Crippen molar-refractivity contribution < 1.29 is 31.9 Å². The number of ether oxygens (including phenoxy) is 2. The molecule has 1 amide bonds. The standard InChI is InChI=1S/C21H21N3O7S2/c25-19(13-30-20(26)14-32-21-23-17-3-1-2-4-18(17)31-21)22-15-5-7-16(8-6-15)33(27,28)24-9-11-29-12-10-24/h1-8H,9-14H2,(H,22,25). The second kappa shape index (κ2) is 10.3. The molecule has 2 heterocycles. The van der Waals surface area contributed by atoms with Gasteiger partial charge in [-0.05, 0) is 36.4 Å². The number of sulfonamides is 1. The minimum atomic E-state index is -3.61. The summed E-state index contributed by atoms with van der Waals surface area (Å²) in [4.78, 5) is 28.4. The maximum absolute atomic E-state index is 12.6. The Morgan fingerprint density at radius 1 is 1.09 bits per heavy atom. The predicted octanol–water partition coefficient (Wildman–Crippen LogP) is 2.12. The molecule has 3 aromatic rings. The fourth-order valence-electron chi connectivity index (χ4n) is 3.06. The zero-order valence-corrected chi connectivity index (χ0v) is 19.1. The van der Waals surface area contributed by atoms with E-state index in [9.17, 15) is 18.0 Å². The zero-order valence-electron chi connectivity index (χ0n) is 17.4. The Morgan fingerprint density at radius 3 is 2.55 bits per heavy atom. The van der Waals surface area contributed by atoms with Crippen LogP contribution in [-0.2, 0) is 29.1 Å². The SMILES string of the molecule is O=C(COC(=O)CSc1nc2ccccc2o1)Nc1ccc(S(=O)(=O)N2CCOCC2)cc1. The molecule has 0 spiro atoms. The molecule has 4 rings (SSSR count). The molecular weight excluding hydrogens is 470 g/mol. The number of esters is 1. The van der Waals surface area contributed by atoms with Crippen molar-refractivity contribution in [3.05, 3.63) is 48.5 Å². The molecular formula is C21H21N3O7S2. The third kappa shape index (κ3) is 5.90. The van der Waals surface area contributed by atoms with Gasteiger partial charge in [0.15, 0.2) is 12.2 Å². The third-order valence-corrected chi connectivity index (χ3v) is 7.41. The lowest BCUT2D eigenvalue weighted by Crippen LogP contribution is -2.40. The van der Waals surface area contributed by atoms with Crippen LogP contribution in [0, 0.1) is 0 Å². The van der Waals surface area contributed by atoms with Crippen LogP contribution in [0.25, 0.3) is 11.1 Å². The van der Waals surface area contributed by atoms with Crippen LogP contribution >= 0.6 is 11.8 Å². The molecule has 0 saturated carbocycles. The van der Waals surface area contributed by atoms with Gasteiger partial charge in [0.25, 0.3) is 11.1 Å². The first-order valence-electron chi connectivity index (χ1n) is 10.0. The molecule has 0 unspecified atom stereocenters. The Labute approximate surface area is 194 Å². The van der Waals surface area contributed by atoms with Crippen LogP contribution in [0.3, 0.4) is 0 Å². The normalized spacial score (nSPS) is 14.8. The number of morpholine rings is 1. The fraction of sp³-hybridized carbons (Fsp3) is 0.286. The van der Waals surface area contributed by atoms with Crippen LogP contribution in [0.5, 0.6) is 0 Å². The van der Waals surface area contributed by atoms with Gasteiger partial charge in [-0.3, -0.25) is 9.59 Å². The first-order chi connectivity index (χ1) is 15.9. The Kier molecular flexibility index (Phi) is 7.28. The molecule has 0 radical (unpaired) electrons. The number of nitrogens with one attached hydrogen (secondary N) is 1. The van der Waals surface area contributed by atoms with Crippen molar-refractivity contribution in [1.82, 2.24) is 9.29 Å². The number of carbonyl (C=O) groups is 2. The van der Waals surface area contributed by atoms with Crippen molar-refractivity contribution in [3.8, 4) is 0 Å². The Morgan fingerprint density at radius 2 is 1.82 bits per heavy atom. The van der Waals surface area contributed by atoms with E-state index < -0.39 is 28.5 Å². The number of benzene rings is 2. The van der Waals surface area contributed by atoms with Gasteiger partial charge >= 0.3 is 5.97 Å². The minimum Gasteiger partial charge on any atom is -0.455 e. The second-order valence-electron chi connectivity index (χ2n) is 6.99. The highest BCUT2D eigenvalue weighted by Gasteiger charge is 2.26. The maximum Gasteiger partial charge on any atom is 0.316 e. The van der Waals surface area contributed by atoms with Gasteiger partial charge in [-0.25, -0.2) is 13.4 Å². The van der Waals surface area contributed by atoms with Crippen LogP contribution in [0.2, 0.25) is 0 Å². The maximum atomic E-state index is 12.6. The molecule has 0 aliphatic carbocycles. The largest absolute Gasteiger partial charge is 0.455 e. The summed E-state index contributed by atoms with van der Waals surface area (Å²) in [6, 6.07) is 13.0. The third-order valence-electron chi connectivity index (χ3n) is 4.70. The summed E-state index contributed by atoms with van der Waals surface area (Å²) in [5, 5.41) is 2.90. The van der Waals surface area contributed by atoms with Gasteiger partial charge in [0.05, 0.1) is 18.1 Å². The molecule has 33 heavy (non-hydrogen) atoms. The van der Waals surface area contributed by atoms with Crippen molar-refractivity contribution in [2.75, 3.05) is 44.0 Å². The van der Waals surface area contributed by atoms with Crippen molar-refractivity contribution in [2.24, 2.45) is 0 Å². The Hall–Kier alpha value is -2.93. The average Bonchev–Trinajstić information content (AvgIpc) is 3.25. The first-order valence-corrected chi connectivity index (χ1v) is 12.5. The highest BCUT2D eigenvalue weighted by atomic mass is 32.2. The second-order valence-corrected chi connectivity index (χ2v) is 9.85. The minimum absolute atomic E-state index is 0.0613. The number of carbonyl (C=O) groups excluding carboxylic acids is 2. The van der Waals surface area contributed by atoms with E-state index in [1.807, 2.05) is 12.1 Å². The number of thioether (sulfide) groups is 1. The summed E-state index contributed by atoms with van der Waals surface area (Å²) < 4.78 is 42.3. The van der Waals surface area contributed by atoms with Crippen molar-refractivity contribution in [3.63, 3.8) is 0 Å². The summed E-state index contributed by atoms with van der Waals surface area (Å²) in [5.74, 6) is -1.20. The molecule has 0 atom stereocenters. The molecule has 10 nitrogen and oxygen atoms in total. The topological polar surface area (TPSA) is 128 Å². The van der Waals surface area contributed by atoms with E-state index >= 15 is 0 Å². The van der Waals surface area contributed by atoms with Crippen LogP contribution in [0.4, 0.5) is 5.69 Å². The van der Waals surface area contributed by atoms with Gasteiger partial charge in [0, 0.05) is 18.8 Å². The summed E-state index contributed by atoms with van der Waals surface area (Å²) in [6.07, 6.45) is 0. The van der Waals surface area contributed by atoms with Gasteiger partial charge in [-0.2, -0.15) is 4.31 Å². The lowest BCUT2D eigenvalue weighted by molar-refractivity contribution is -0.144. The fourth-order valence-corrected chi connectivity index (χ4v) is 5.11. The lowest BCUT2D eigenvalue weighted by Gasteiger charge is -2.26. The Balaban J connectivity index is 1.23. The van der Waals surface area contributed by atoms with Crippen LogP contribution in [0.1, 0.15) is 0 Å². The summed E-state index contributed by atoms with van der Waals surface area (Å²) in [6.45, 7) is 0.854. The van der Waals surface area contributed by atoms with Crippen LogP contribution in [0.15, 0.2) is 63.1 Å². The van der Waals surface area contributed by atoms with E-state index in [-0.39, 0.29) is 10.6 Å². The molecule has 12 heteroatoms. The molecule has 1 N–H and O–H groups in total. The number of nitrogens with zero attached hydrogens (tertiary/aromatic N) is 2. The van der Waals surface area contributed by atoms with Gasteiger partial charge in [-0.15, -0.1) is 0 Å². The lowest BCUT2D eigenvalue weighted by atomic mass is 10.3. The summed E-state index contributed by atoms with van der Waals surface area (Å²) in [7, 11) is -3.61. The number of amides is 1. The van der Waals surface area contributed by atoms with Crippen LogP contribution in [-0.4, -0.2) is 68.2 Å². The predicted molar refractivity (Wildman–Crippen MR) is 120 cm³/mol. The summed E-state index contributed by atoms with van der Waals surface area (Å²) >= 11 is 1.07. The monoisotopic (exact) mass is 491 g/mol. The van der Waals surface area contributed by atoms with E-state index in [0.717, 1.165) is 11.8 Å². The molecule has 174 valence electrons. The Bertz CT molecular complexity index is 1200. The highest BCUT2D eigenvalue weighted by Crippen LogP contribution is 2.23. The van der Waals surface area contributed by atoms with E-state index in [1.54, 1.807) is 12.1 Å².